The van der Waals surface area contributed by atoms with Crippen LogP contribution in [0.1, 0.15) is 78.5 Å². The monoisotopic (exact) mass is 442 g/mol. The lowest BCUT2D eigenvalue weighted by Gasteiger charge is -2.22. The molecule has 1 amide bonds. The molecular weight excluding hydrogens is 412 g/mol. The number of benzene rings is 2. The maximum absolute atomic E-state index is 12.4. The van der Waals surface area contributed by atoms with Gasteiger partial charge in [-0.1, -0.05) is 38.1 Å². The molecule has 172 valence electrons. The molecule has 0 radical (unpaired) electrons. The molecule has 2 atom stereocenters. The van der Waals surface area contributed by atoms with E-state index in [0.29, 0.717) is 29.5 Å². The van der Waals surface area contributed by atoms with Crippen molar-refractivity contribution in [2.75, 3.05) is 18.5 Å². The molecule has 1 heterocycles. The Hall–Kier alpha value is -3.13. The number of carbonyl (C=O) groups is 1. The topological polar surface area (TPSA) is 111 Å². The number of hydrogen-bond acceptors (Lipinski definition) is 6. The maximum Gasteiger partial charge on any atom is 0.294 e. The van der Waals surface area contributed by atoms with Gasteiger partial charge in [-0.3, -0.25) is 4.79 Å². The average molecular weight is 443 g/mol. The van der Waals surface area contributed by atoms with E-state index in [1.165, 1.54) is 5.56 Å². The van der Waals surface area contributed by atoms with Gasteiger partial charge in [-0.2, -0.15) is 0 Å². The highest BCUT2D eigenvalue weighted by Gasteiger charge is 2.34. The van der Waals surface area contributed by atoms with Crippen LogP contribution in [0.2, 0.25) is 0 Å². The Balaban J connectivity index is 2.00. The van der Waals surface area contributed by atoms with Crippen LogP contribution in [0.4, 0.5) is 5.69 Å². The number of carbonyl (C=O) groups excluding carboxylic acids is 1. The SMILES string of the molecule is Cc1c(NC(=O)CCO[N+](=O)[O-])c(C)c([C@@H](C)O)c2c1[C@@H](c1ccc(C(C)C)cc1)CO2. The van der Waals surface area contributed by atoms with E-state index in [0.717, 1.165) is 22.3 Å². The van der Waals surface area contributed by atoms with Crippen molar-refractivity contribution < 1.29 is 24.6 Å². The number of ether oxygens (including phenoxy) is 1. The second kappa shape index (κ2) is 9.56. The van der Waals surface area contributed by atoms with Gasteiger partial charge in [-0.25, -0.2) is 0 Å². The third kappa shape index (κ3) is 4.70. The van der Waals surface area contributed by atoms with Crippen LogP contribution in [0.3, 0.4) is 0 Å². The fourth-order valence-electron chi connectivity index (χ4n) is 4.34. The molecule has 0 aliphatic carbocycles. The Bertz CT molecular complexity index is 1010. The first-order valence-electron chi connectivity index (χ1n) is 10.8. The molecule has 0 aromatic heterocycles. The first-order chi connectivity index (χ1) is 15.1. The van der Waals surface area contributed by atoms with E-state index in [1.807, 2.05) is 13.8 Å². The number of rotatable bonds is 8. The third-order valence-corrected chi connectivity index (χ3v) is 6.00. The molecule has 1 aliphatic heterocycles. The smallest absolute Gasteiger partial charge is 0.294 e. The number of aliphatic hydroxyl groups is 1. The van der Waals surface area contributed by atoms with Crippen LogP contribution in [-0.4, -0.2) is 29.3 Å². The van der Waals surface area contributed by atoms with E-state index in [-0.39, 0.29) is 18.9 Å². The molecule has 1 aliphatic rings. The van der Waals surface area contributed by atoms with Crippen LogP contribution in [-0.2, 0) is 9.63 Å². The zero-order valence-corrected chi connectivity index (χ0v) is 19.1. The van der Waals surface area contributed by atoms with Gasteiger partial charge in [0.2, 0.25) is 5.91 Å². The highest BCUT2D eigenvalue weighted by atomic mass is 16.9. The minimum Gasteiger partial charge on any atom is -0.492 e. The number of nitrogens with one attached hydrogen (secondary N) is 1. The molecule has 0 saturated heterocycles. The van der Waals surface area contributed by atoms with E-state index in [9.17, 15) is 20.0 Å². The summed E-state index contributed by atoms with van der Waals surface area (Å²) in [7, 11) is 0. The summed E-state index contributed by atoms with van der Waals surface area (Å²) in [6.45, 7) is 9.84. The Kier molecular flexibility index (Phi) is 7.03. The molecule has 8 nitrogen and oxygen atoms in total. The predicted molar refractivity (Wildman–Crippen MR) is 121 cm³/mol. The van der Waals surface area contributed by atoms with E-state index < -0.39 is 17.1 Å². The number of anilines is 1. The van der Waals surface area contributed by atoms with Crippen molar-refractivity contribution in [3.8, 4) is 5.75 Å². The highest BCUT2D eigenvalue weighted by molar-refractivity contribution is 5.93. The molecule has 0 bridgehead atoms. The minimum absolute atomic E-state index is 0.0298. The van der Waals surface area contributed by atoms with Crippen LogP contribution < -0.4 is 10.1 Å². The lowest BCUT2D eigenvalue weighted by Crippen LogP contribution is -2.18. The predicted octanol–water partition coefficient (Wildman–Crippen LogP) is 4.54. The molecule has 3 rings (SSSR count). The molecule has 2 aromatic carbocycles. The zero-order chi connectivity index (χ0) is 23.6. The first kappa shape index (κ1) is 23.5. The Labute approximate surface area is 187 Å². The number of fused-ring (bicyclic) bond motifs is 1. The van der Waals surface area contributed by atoms with E-state index in [4.69, 9.17) is 4.74 Å². The first-order valence-corrected chi connectivity index (χ1v) is 10.8. The standard InChI is InChI=1S/C24H30N2O6/c1-13(2)17-6-8-18(9-7-17)19-12-31-24-21(16(5)27)14(3)23(15(4)22(19)24)25-20(28)10-11-32-26(29)30/h6-9,13,16,19,27H,10-12H2,1-5H3,(H,25,28)/t16-,19-/m1/s1. The van der Waals surface area contributed by atoms with Crippen molar-refractivity contribution in [2.24, 2.45) is 0 Å². The van der Waals surface area contributed by atoms with Gasteiger partial charge < -0.3 is 20.0 Å². The second-order valence-electron chi connectivity index (χ2n) is 8.50. The molecule has 8 heteroatoms. The van der Waals surface area contributed by atoms with Crippen LogP contribution in [0, 0.1) is 24.0 Å². The lowest BCUT2D eigenvalue weighted by atomic mass is 9.84. The lowest BCUT2D eigenvalue weighted by molar-refractivity contribution is -0.757. The fourth-order valence-corrected chi connectivity index (χ4v) is 4.34. The minimum atomic E-state index is -0.919. The van der Waals surface area contributed by atoms with Gasteiger partial charge in [0.05, 0.1) is 19.1 Å². The fraction of sp³-hybridized carbons (Fsp3) is 0.458. The molecule has 0 unspecified atom stereocenters. The summed E-state index contributed by atoms with van der Waals surface area (Å²) in [5, 5.41) is 22.8. The summed E-state index contributed by atoms with van der Waals surface area (Å²) in [5.41, 5.74) is 6.12. The van der Waals surface area contributed by atoms with Crippen LogP contribution in [0.25, 0.3) is 0 Å². The van der Waals surface area contributed by atoms with Gasteiger partial charge >= 0.3 is 0 Å². The van der Waals surface area contributed by atoms with Gasteiger partial charge in [0.15, 0.2) is 0 Å². The molecule has 0 saturated carbocycles. The number of hydrogen-bond donors (Lipinski definition) is 2. The van der Waals surface area contributed by atoms with Gasteiger partial charge in [-0.05, 0) is 48.9 Å². The van der Waals surface area contributed by atoms with Crippen molar-refractivity contribution in [3.05, 3.63) is 67.8 Å². The van der Waals surface area contributed by atoms with Crippen LogP contribution >= 0.6 is 0 Å². The number of nitrogens with zero attached hydrogens (tertiary/aromatic N) is 1. The van der Waals surface area contributed by atoms with Crippen molar-refractivity contribution in [3.63, 3.8) is 0 Å². The number of aliphatic hydroxyl groups excluding tert-OH is 1. The average Bonchev–Trinajstić information content (AvgIpc) is 3.15. The summed E-state index contributed by atoms with van der Waals surface area (Å²) in [4.78, 5) is 27.0. The molecule has 2 aromatic rings. The zero-order valence-electron chi connectivity index (χ0n) is 19.1. The maximum atomic E-state index is 12.4. The summed E-state index contributed by atoms with van der Waals surface area (Å²) in [5.74, 6) is 0.676. The number of amides is 1. The van der Waals surface area contributed by atoms with Crippen molar-refractivity contribution in [1.82, 2.24) is 0 Å². The quantitative estimate of drug-likeness (QED) is 0.459. The Morgan fingerprint density at radius 1 is 1.25 bits per heavy atom. The van der Waals surface area contributed by atoms with Gasteiger partial charge in [0.1, 0.15) is 12.4 Å². The molecule has 32 heavy (non-hydrogen) atoms. The van der Waals surface area contributed by atoms with Crippen molar-refractivity contribution in [1.29, 1.82) is 0 Å². The molecular formula is C24H30N2O6. The Morgan fingerprint density at radius 2 is 1.91 bits per heavy atom. The highest BCUT2D eigenvalue weighted by Crippen LogP contribution is 2.49. The van der Waals surface area contributed by atoms with Gasteiger partial charge in [0, 0.05) is 22.7 Å². The second-order valence-corrected chi connectivity index (χ2v) is 8.50. The van der Waals surface area contributed by atoms with Gasteiger partial charge in [0.25, 0.3) is 5.09 Å². The summed E-state index contributed by atoms with van der Waals surface area (Å²) >= 11 is 0. The third-order valence-electron chi connectivity index (χ3n) is 6.00. The van der Waals surface area contributed by atoms with E-state index >= 15 is 0 Å². The summed E-state index contributed by atoms with van der Waals surface area (Å²) in [6, 6.07) is 8.45. The largest absolute Gasteiger partial charge is 0.492 e. The molecule has 0 fully saturated rings. The molecule has 2 N–H and O–H groups in total. The summed E-state index contributed by atoms with van der Waals surface area (Å²) in [6.07, 6.45) is -0.947. The van der Waals surface area contributed by atoms with Crippen LogP contribution in [0.15, 0.2) is 24.3 Å². The van der Waals surface area contributed by atoms with Crippen LogP contribution in [0.5, 0.6) is 5.75 Å². The molecule has 0 spiro atoms. The Morgan fingerprint density at radius 3 is 2.47 bits per heavy atom. The van der Waals surface area contributed by atoms with Crippen molar-refractivity contribution in [2.45, 2.75) is 59.0 Å². The van der Waals surface area contributed by atoms with Gasteiger partial charge in [-0.15, -0.1) is 10.1 Å². The van der Waals surface area contributed by atoms with E-state index in [2.05, 4.69) is 48.3 Å². The summed E-state index contributed by atoms with van der Waals surface area (Å²) < 4.78 is 6.08. The normalized spacial score (nSPS) is 15.8. The van der Waals surface area contributed by atoms with E-state index in [1.54, 1.807) is 6.92 Å². The van der Waals surface area contributed by atoms with Crippen molar-refractivity contribution >= 4 is 11.6 Å².